The van der Waals surface area contributed by atoms with Crippen LogP contribution in [0.25, 0.3) is 0 Å². The standard InChI is InChI=1S/C15H26O/c1-10-5-6-11-7-14(4)8-12(14)13(2,3)9-15(10,11)16/h10-12,16H,5-9H2,1-4H3. The number of hydrogen-bond donors (Lipinski definition) is 1. The molecule has 3 aliphatic carbocycles. The van der Waals surface area contributed by atoms with E-state index in [1.54, 1.807) is 0 Å². The summed E-state index contributed by atoms with van der Waals surface area (Å²) in [4.78, 5) is 0. The molecule has 3 fully saturated rings. The van der Waals surface area contributed by atoms with Crippen LogP contribution in [0, 0.1) is 28.6 Å². The Hall–Kier alpha value is -0.0400. The van der Waals surface area contributed by atoms with Crippen molar-refractivity contribution in [2.45, 2.75) is 65.4 Å². The molecule has 16 heavy (non-hydrogen) atoms. The van der Waals surface area contributed by atoms with E-state index in [2.05, 4.69) is 27.7 Å². The Bertz CT molecular complexity index is 321. The highest BCUT2D eigenvalue weighted by molar-refractivity contribution is 5.15. The Kier molecular flexibility index (Phi) is 1.98. The first-order valence-electron chi connectivity index (χ1n) is 7.00. The van der Waals surface area contributed by atoms with Gasteiger partial charge in [0.2, 0.25) is 0 Å². The second-order valence-electron chi connectivity index (χ2n) is 7.95. The maximum Gasteiger partial charge on any atom is 0.0706 e. The van der Waals surface area contributed by atoms with Crippen LogP contribution in [0.4, 0.5) is 0 Å². The van der Waals surface area contributed by atoms with Crippen molar-refractivity contribution in [2.75, 3.05) is 0 Å². The molecule has 0 radical (unpaired) electrons. The number of fused-ring (bicyclic) bond motifs is 2. The highest BCUT2D eigenvalue weighted by Crippen LogP contribution is 2.70. The molecular weight excluding hydrogens is 196 g/mol. The van der Waals surface area contributed by atoms with Gasteiger partial charge >= 0.3 is 0 Å². The van der Waals surface area contributed by atoms with E-state index in [-0.39, 0.29) is 5.60 Å². The van der Waals surface area contributed by atoms with Crippen LogP contribution in [0.2, 0.25) is 0 Å². The fourth-order valence-electron chi connectivity index (χ4n) is 5.22. The Morgan fingerprint density at radius 1 is 1.06 bits per heavy atom. The molecule has 1 nitrogen and oxygen atoms in total. The molecule has 0 aromatic rings. The van der Waals surface area contributed by atoms with E-state index in [1.165, 1.54) is 25.7 Å². The van der Waals surface area contributed by atoms with Crippen LogP contribution in [0.3, 0.4) is 0 Å². The van der Waals surface area contributed by atoms with E-state index in [4.69, 9.17) is 0 Å². The molecule has 5 atom stereocenters. The van der Waals surface area contributed by atoms with Gasteiger partial charge in [0, 0.05) is 0 Å². The van der Waals surface area contributed by atoms with Crippen LogP contribution in [-0.2, 0) is 0 Å². The van der Waals surface area contributed by atoms with Gasteiger partial charge < -0.3 is 5.11 Å². The summed E-state index contributed by atoms with van der Waals surface area (Å²) >= 11 is 0. The molecule has 3 saturated carbocycles. The molecule has 0 amide bonds. The zero-order valence-electron chi connectivity index (χ0n) is 11.2. The zero-order valence-corrected chi connectivity index (χ0v) is 11.2. The summed E-state index contributed by atoms with van der Waals surface area (Å²) in [5.41, 5.74) is 0.555. The van der Waals surface area contributed by atoms with Crippen molar-refractivity contribution in [3.63, 3.8) is 0 Å². The molecule has 92 valence electrons. The van der Waals surface area contributed by atoms with Crippen LogP contribution < -0.4 is 0 Å². The van der Waals surface area contributed by atoms with E-state index >= 15 is 0 Å². The highest BCUT2D eigenvalue weighted by Gasteiger charge is 2.65. The van der Waals surface area contributed by atoms with Gasteiger partial charge in [-0.1, -0.05) is 27.7 Å². The maximum atomic E-state index is 11.0. The van der Waals surface area contributed by atoms with Crippen molar-refractivity contribution in [3.8, 4) is 0 Å². The number of rotatable bonds is 0. The Morgan fingerprint density at radius 2 is 1.75 bits per heavy atom. The van der Waals surface area contributed by atoms with E-state index in [0.29, 0.717) is 22.7 Å². The molecule has 0 spiro atoms. The normalized spacial score (nSPS) is 58.7. The van der Waals surface area contributed by atoms with Crippen LogP contribution in [0.5, 0.6) is 0 Å². The van der Waals surface area contributed by atoms with Gasteiger partial charge in [-0.2, -0.15) is 0 Å². The molecule has 1 heteroatoms. The topological polar surface area (TPSA) is 20.2 Å². The summed E-state index contributed by atoms with van der Waals surface area (Å²) in [5.74, 6) is 1.96. The Morgan fingerprint density at radius 3 is 2.44 bits per heavy atom. The molecule has 3 aliphatic rings. The van der Waals surface area contributed by atoms with Gasteiger partial charge in [-0.3, -0.25) is 0 Å². The Balaban J connectivity index is 1.97. The smallest absolute Gasteiger partial charge is 0.0706 e. The molecular formula is C15H26O. The summed E-state index contributed by atoms with van der Waals surface area (Å²) < 4.78 is 0. The predicted octanol–water partition coefficient (Wildman–Crippen LogP) is 3.61. The molecule has 1 N–H and O–H groups in total. The van der Waals surface area contributed by atoms with Crippen LogP contribution in [0.15, 0.2) is 0 Å². The quantitative estimate of drug-likeness (QED) is 0.664. The lowest BCUT2D eigenvalue weighted by atomic mass is 9.72. The van der Waals surface area contributed by atoms with Crippen molar-refractivity contribution < 1.29 is 5.11 Å². The Labute approximate surface area is 99.6 Å². The zero-order chi connectivity index (χ0) is 11.8. The van der Waals surface area contributed by atoms with Crippen molar-refractivity contribution in [1.82, 2.24) is 0 Å². The SMILES string of the molecule is CC1CCC2CC3(C)CC3C(C)(C)CC12O. The van der Waals surface area contributed by atoms with Gasteiger partial charge in [0.15, 0.2) is 0 Å². The van der Waals surface area contributed by atoms with Crippen molar-refractivity contribution in [2.24, 2.45) is 28.6 Å². The minimum Gasteiger partial charge on any atom is -0.389 e. The molecule has 0 saturated heterocycles. The summed E-state index contributed by atoms with van der Waals surface area (Å²) in [6.45, 7) is 9.48. The van der Waals surface area contributed by atoms with Gasteiger partial charge in [0.25, 0.3) is 0 Å². The molecule has 5 unspecified atom stereocenters. The average Bonchev–Trinajstić information content (AvgIpc) is 2.78. The monoisotopic (exact) mass is 222 g/mol. The molecule has 3 rings (SSSR count). The lowest BCUT2D eigenvalue weighted by Gasteiger charge is -2.39. The molecule has 0 aliphatic heterocycles. The van der Waals surface area contributed by atoms with Gasteiger partial charge in [-0.25, -0.2) is 0 Å². The second kappa shape index (κ2) is 2.85. The lowest BCUT2D eigenvalue weighted by Crippen LogP contribution is -2.42. The molecule has 0 bridgehead atoms. The van der Waals surface area contributed by atoms with Crippen molar-refractivity contribution >= 4 is 0 Å². The third-order valence-corrected chi connectivity index (χ3v) is 6.25. The largest absolute Gasteiger partial charge is 0.389 e. The van der Waals surface area contributed by atoms with Crippen LogP contribution >= 0.6 is 0 Å². The third-order valence-electron chi connectivity index (χ3n) is 6.25. The number of hydrogen-bond acceptors (Lipinski definition) is 1. The van der Waals surface area contributed by atoms with E-state index in [0.717, 1.165) is 12.3 Å². The second-order valence-corrected chi connectivity index (χ2v) is 7.95. The molecule has 0 aromatic heterocycles. The van der Waals surface area contributed by atoms with Gasteiger partial charge in [0.05, 0.1) is 5.60 Å². The van der Waals surface area contributed by atoms with Crippen molar-refractivity contribution in [3.05, 3.63) is 0 Å². The first-order valence-corrected chi connectivity index (χ1v) is 7.00. The van der Waals surface area contributed by atoms with Crippen LogP contribution in [0.1, 0.15) is 59.8 Å². The van der Waals surface area contributed by atoms with E-state index in [1.807, 2.05) is 0 Å². The third kappa shape index (κ3) is 1.27. The first-order chi connectivity index (χ1) is 7.28. The summed E-state index contributed by atoms with van der Waals surface area (Å²) in [6.07, 6.45) is 6.21. The summed E-state index contributed by atoms with van der Waals surface area (Å²) in [7, 11) is 0. The lowest BCUT2D eigenvalue weighted by molar-refractivity contribution is -0.0627. The molecule has 0 aromatic carbocycles. The maximum absolute atomic E-state index is 11.0. The van der Waals surface area contributed by atoms with Gasteiger partial charge in [-0.15, -0.1) is 0 Å². The van der Waals surface area contributed by atoms with Gasteiger partial charge in [0.1, 0.15) is 0 Å². The van der Waals surface area contributed by atoms with E-state index < -0.39 is 0 Å². The minimum atomic E-state index is -0.347. The average molecular weight is 222 g/mol. The fraction of sp³-hybridized carbons (Fsp3) is 1.00. The summed E-state index contributed by atoms with van der Waals surface area (Å²) in [6, 6.07) is 0. The highest BCUT2D eigenvalue weighted by atomic mass is 16.3. The minimum absolute atomic E-state index is 0.344. The fourth-order valence-corrected chi connectivity index (χ4v) is 5.22. The number of aliphatic hydroxyl groups is 1. The predicted molar refractivity (Wildman–Crippen MR) is 66.1 cm³/mol. The first kappa shape index (κ1) is 11.1. The summed E-state index contributed by atoms with van der Waals surface area (Å²) in [5, 5.41) is 11.0. The van der Waals surface area contributed by atoms with Crippen molar-refractivity contribution in [1.29, 1.82) is 0 Å². The molecule has 0 heterocycles. The van der Waals surface area contributed by atoms with Gasteiger partial charge in [-0.05, 0) is 60.7 Å². The van der Waals surface area contributed by atoms with E-state index in [9.17, 15) is 5.11 Å². The van der Waals surface area contributed by atoms with Crippen LogP contribution in [-0.4, -0.2) is 10.7 Å².